The van der Waals surface area contributed by atoms with Crippen molar-refractivity contribution in [3.05, 3.63) is 52.3 Å². The SMILES string of the molecule is CCOC(=O)c1[nH]n(-c2cc(Cl)ccc2-n2cnc(C(=O)O)c2C)c1C. The molecule has 0 bridgehead atoms. The summed E-state index contributed by atoms with van der Waals surface area (Å²) in [7, 11) is 0. The second-order valence-corrected chi connectivity index (χ2v) is 6.05. The van der Waals surface area contributed by atoms with Gasteiger partial charge in [0.25, 0.3) is 0 Å². The molecule has 0 fully saturated rings. The van der Waals surface area contributed by atoms with Crippen LogP contribution in [-0.2, 0) is 4.74 Å². The zero-order valence-electron chi connectivity index (χ0n) is 14.4. The number of hydrogen-bond donors (Lipinski definition) is 2. The van der Waals surface area contributed by atoms with E-state index in [2.05, 4.69) is 10.1 Å². The average Bonchev–Trinajstić information content (AvgIpc) is 2.95. The smallest absolute Gasteiger partial charge is 0.358 e. The van der Waals surface area contributed by atoms with Crippen LogP contribution in [0.1, 0.15) is 39.3 Å². The number of ether oxygens (including phenoxy) is 1. The van der Waals surface area contributed by atoms with Gasteiger partial charge in [0.2, 0.25) is 0 Å². The number of nitrogens with one attached hydrogen (secondary N) is 1. The van der Waals surface area contributed by atoms with Crippen molar-refractivity contribution in [2.24, 2.45) is 0 Å². The number of carbonyl (C=O) groups excluding carboxylic acids is 1. The van der Waals surface area contributed by atoms with Gasteiger partial charge >= 0.3 is 11.9 Å². The first-order chi connectivity index (χ1) is 12.3. The molecule has 9 heteroatoms. The van der Waals surface area contributed by atoms with Gasteiger partial charge in [-0.2, -0.15) is 0 Å². The van der Waals surface area contributed by atoms with E-state index in [1.54, 1.807) is 48.2 Å². The number of aromatic amines is 1. The van der Waals surface area contributed by atoms with Crippen LogP contribution in [0.4, 0.5) is 0 Å². The van der Waals surface area contributed by atoms with Crippen molar-refractivity contribution < 1.29 is 19.4 Å². The largest absolute Gasteiger partial charge is 0.476 e. The molecule has 0 unspecified atom stereocenters. The molecule has 3 rings (SSSR count). The first-order valence-corrected chi connectivity index (χ1v) is 8.24. The molecule has 2 heterocycles. The lowest BCUT2D eigenvalue weighted by Gasteiger charge is -2.23. The molecule has 0 saturated carbocycles. The zero-order valence-corrected chi connectivity index (χ0v) is 15.2. The van der Waals surface area contributed by atoms with E-state index in [0.717, 1.165) is 0 Å². The predicted octanol–water partition coefficient (Wildman–Crippen LogP) is 3.14. The fraction of sp³-hybridized carbons (Fsp3) is 0.235. The van der Waals surface area contributed by atoms with Crippen molar-refractivity contribution in [3.63, 3.8) is 0 Å². The molecule has 2 N–H and O–H groups in total. The van der Waals surface area contributed by atoms with E-state index in [4.69, 9.17) is 16.3 Å². The maximum Gasteiger partial charge on any atom is 0.358 e. The number of imidazole rings is 1. The third kappa shape index (κ3) is 2.88. The molecule has 0 aliphatic rings. The van der Waals surface area contributed by atoms with Gasteiger partial charge in [-0.15, -0.1) is 0 Å². The molecule has 8 nitrogen and oxygen atoms in total. The second-order valence-electron chi connectivity index (χ2n) is 5.61. The number of carboxylic acids is 1. The molecular weight excluding hydrogens is 360 g/mol. The maximum atomic E-state index is 11.9. The molecule has 1 aromatic carbocycles. The Balaban J connectivity index is 2.10. The number of aromatic nitrogens is 4. The van der Waals surface area contributed by atoms with E-state index >= 15 is 0 Å². The molecule has 26 heavy (non-hydrogen) atoms. The summed E-state index contributed by atoms with van der Waals surface area (Å²) in [5, 5.41) is 12.7. The van der Waals surface area contributed by atoms with Crippen LogP contribution in [-0.4, -0.2) is 43.0 Å². The molecule has 0 saturated heterocycles. The minimum Gasteiger partial charge on any atom is -0.476 e. The molecule has 0 aliphatic carbocycles. The Morgan fingerprint density at radius 3 is 2.58 bits per heavy atom. The van der Waals surface area contributed by atoms with E-state index in [1.807, 2.05) is 0 Å². The van der Waals surface area contributed by atoms with Crippen LogP contribution >= 0.6 is 11.6 Å². The molecule has 0 aliphatic heterocycles. The Kier molecular flexibility index (Phi) is 4.60. The minimum absolute atomic E-state index is 0.0260. The van der Waals surface area contributed by atoms with Crippen molar-refractivity contribution >= 4 is 23.5 Å². The van der Waals surface area contributed by atoms with Crippen LogP contribution in [0.2, 0.25) is 5.02 Å². The van der Waals surface area contributed by atoms with Crippen molar-refractivity contribution in [2.75, 3.05) is 6.61 Å². The Hall–Kier alpha value is -3.00. The standard InChI is InChI=1S/C17H17ClN4O4/c1-4-26-17(25)15-10(3)22(20-15)13-7-11(18)5-6-12(13)21-8-19-14(9(21)2)16(23)24/h5-8,20H,4H2,1-3H3,(H,23,24). The van der Waals surface area contributed by atoms with Crippen LogP contribution < -0.4 is 0 Å². The first kappa shape index (κ1) is 17.8. The monoisotopic (exact) mass is 376 g/mol. The highest BCUT2D eigenvalue weighted by Crippen LogP contribution is 2.28. The molecular formula is C17H17ClN4O4. The molecule has 136 valence electrons. The summed E-state index contributed by atoms with van der Waals surface area (Å²) < 4.78 is 8.34. The number of rotatable bonds is 5. The minimum atomic E-state index is -1.10. The highest BCUT2D eigenvalue weighted by molar-refractivity contribution is 6.30. The van der Waals surface area contributed by atoms with Crippen LogP contribution in [0.5, 0.6) is 0 Å². The van der Waals surface area contributed by atoms with Gasteiger partial charge in [-0.05, 0) is 39.0 Å². The number of carboxylic acid groups (broad SMARTS) is 1. The van der Waals surface area contributed by atoms with Crippen molar-refractivity contribution in [2.45, 2.75) is 20.8 Å². The van der Waals surface area contributed by atoms with Crippen LogP contribution in [0, 0.1) is 13.8 Å². The lowest BCUT2D eigenvalue weighted by Crippen LogP contribution is -2.24. The zero-order chi connectivity index (χ0) is 19.0. The lowest BCUT2D eigenvalue weighted by molar-refractivity contribution is 0.0509. The van der Waals surface area contributed by atoms with Crippen LogP contribution in [0.15, 0.2) is 24.5 Å². The van der Waals surface area contributed by atoms with E-state index in [-0.39, 0.29) is 12.3 Å². The van der Waals surface area contributed by atoms with Crippen molar-refractivity contribution in [1.29, 1.82) is 0 Å². The second kappa shape index (κ2) is 6.72. The first-order valence-electron chi connectivity index (χ1n) is 7.87. The highest BCUT2D eigenvalue weighted by Gasteiger charge is 2.23. The Morgan fingerprint density at radius 2 is 2.00 bits per heavy atom. The summed E-state index contributed by atoms with van der Waals surface area (Å²) >= 11 is 6.14. The van der Waals surface area contributed by atoms with Gasteiger partial charge in [-0.1, -0.05) is 11.6 Å². The highest BCUT2D eigenvalue weighted by atomic mass is 35.5. The fourth-order valence-electron chi connectivity index (χ4n) is 2.71. The Bertz CT molecular complexity index is 999. The van der Waals surface area contributed by atoms with E-state index in [9.17, 15) is 14.7 Å². The van der Waals surface area contributed by atoms with Crippen molar-refractivity contribution in [1.82, 2.24) is 19.3 Å². The molecule has 0 radical (unpaired) electrons. The molecule has 0 spiro atoms. The normalized spacial score (nSPS) is 10.9. The summed E-state index contributed by atoms with van der Waals surface area (Å²) in [6.45, 7) is 5.47. The summed E-state index contributed by atoms with van der Waals surface area (Å²) in [5.74, 6) is -1.53. The predicted molar refractivity (Wildman–Crippen MR) is 94.6 cm³/mol. The Labute approximate surface area is 154 Å². The summed E-state index contributed by atoms with van der Waals surface area (Å²) in [6.07, 6.45) is 1.44. The summed E-state index contributed by atoms with van der Waals surface area (Å²) in [6, 6.07) is 5.18. The number of aromatic carboxylic acids is 1. The van der Waals surface area contributed by atoms with E-state index in [0.29, 0.717) is 33.5 Å². The quantitative estimate of drug-likeness (QED) is 0.666. The number of hydrogen-bond acceptors (Lipinski definition) is 4. The summed E-state index contributed by atoms with van der Waals surface area (Å²) in [4.78, 5) is 27.1. The van der Waals surface area contributed by atoms with Gasteiger partial charge in [-0.25, -0.2) is 14.6 Å². The maximum absolute atomic E-state index is 11.9. The third-order valence-electron chi connectivity index (χ3n) is 4.05. The van der Waals surface area contributed by atoms with Gasteiger partial charge in [0.15, 0.2) is 11.4 Å². The number of benzene rings is 1. The van der Waals surface area contributed by atoms with Crippen LogP contribution in [0.25, 0.3) is 11.4 Å². The number of H-pyrrole nitrogens is 1. The topological polar surface area (TPSA) is 102 Å². The van der Waals surface area contributed by atoms with Crippen LogP contribution in [0.3, 0.4) is 0 Å². The van der Waals surface area contributed by atoms with Crippen molar-refractivity contribution in [3.8, 4) is 11.4 Å². The molecule has 0 amide bonds. The molecule has 2 aromatic heterocycles. The number of carbonyl (C=O) groups is 2. The summed E-state index contributed by atoms with van der Waals surface area (Å²) in [5.41, 5.74) is 2.81. The number of halogens is 1. The van der Waals surface area contributed by atoms with Gasteiger partial charge in [0, 0.05) is 5.02 Å². The van der Waals surface area contributed by atoms with Gasteiger partial charge in [0.1, 0.15) is 6.33 Å². The molecule has 3 aromatic rings. The third-order valence-corrected chi connectivity index (χ3v) is 4.28. The number of nitrogens with zero attached hydrogens (tertiary/aromatic N) is 3. The average molecular weight is 377 g/mol. The Morgan fingerprint density at radius 1 is 1.27 bits per heavy atom. The van der Waals surface area contributed by atoms with E-state index < -0.39 is 11.9 Å². The lowest BCUT2D eigenvalue weighted by atomic mass is 10.2. The van der Waals surface area contributed by atoms with Gasteiger partial charge in [0.05, 0.1) is 29.4 Å². The number of esters is 1. The fourth-order valence-corrected chi connectivity index (χ4v) is 2.88. The van der Waals surface area contributed by atoms with Gasteiger partial charge in [-0.3, -0.25) is 9.78 Å². The van der Waals surface area contributed by atoms with Gasteiger partial charge < -0.3 is 14.4 Å². The molecule has 0 atom stereocenters. The van der Waals surface area contributed by atoms with E-state index in [1.165, 1.54) is 6.33 Å².